The standard InChI is InChI=1S/C12H15NS2/c1-9-5-6-11(15-9)8-13-10(2)12-4-3-7-14-12/h3-7,10,13H,8H2,1-2H3/t10-/m0/s1. The quantitative estimate of drug-likeness (QED) is 0.848. The van der Waals surface area contributed by atoms with Crippen molar-refractivity contribution in [3.63, 3.8) is 0 Å². The van der Waals surface area contributed by atoms with Gasteiger partial charge in [-0.1, -0.05) is 6.07 Å². The van der Waals surface area contributed by atoms with Crippen molar-refractivity contribution in [2.45, 2.75) is 26.4 Å². The van der Waals surface area contributed by atoms with Gasteiger partial charge in [0.2, 0.25) is 0 Å². The lowest BCUT2D eigenvalue weighted by Crippen LogP contribution is -2.16. The highest BCUT2D eigenvalue weighted by molar-refractivity contribution is 7.11. The van der Waals surface area contributed by atoms with Gasteiger partial charge in [-0.05, 0) is 37.4 Å². The minimum Gasteiger partial charge on any atom is -0.305 e. The first-order chi connectivity index (χ1) is 7.25. The molecule has 2 rings (SSSR count). The molecule has 80 valence electrons. The van der Waals surface area contributed by atoms with Gasteiger partial charge >= 0.3 is 0 Å². The number of nitrogens with one attached hydrogen (secondary N) is 1. The lowest BCUT2D eigenvalue weighted by atomic mass is 10.3. The normalized spacial score (nSPS) is 12.9. The Bertz CT molecular complexity index is 403. The first kappa shape index (κ1) is 10.9. The second kappa shape index (κ2) is 4.92. The second-order valence-corrected chi connectivity index (χ2v) is 5.98. The summed E-state index contributed by atoms with van der Waals surface area (Å²) in [6.07, 6.45) is 0. The van der Waals surface area contributed by atoms with Gasteiger partial charge in [0.25, 0.3) is 0 Å². The minimum atomic E-state index is 0.451. The Hall–Kier alpha value is -0.640. The summed E-state index contributed by atoms with van der Waals surface area (Å²) in [6, 6.07) is 9.12. The van der Waals surface area contributed by atoms with Crippen LogP contribution in [-0.2, 0) is 6.54 Å². The molecule has 0 fully saturated rings. The fourth-order valence-electron chi connectivity index (χ4n) is 1.47. The zero-order valence-corrected chi connectivity index (χ0v) is 10.6. The Morgan fingerprint density at radius 1 is 1.33 bits per heavy atom. The van der Waals surface area contributed by atoms with Gasteiger partial charge in [0.1, 0.15) is 0 Å². The van der Waals surface area contributed by atoms with Gasteiger partial charge in [0.05, 0.1) is 0 Å². The lowest BCUT2D eigenvalue weighted by Gasteiger charge is -2.10. The van der Waals surface area contributed by atoms with Crippen LogP contribution in [0.1, 0.15) is 27.6 Å². The van der Waals surface area contributed by atoms with Crippen molar-refractivity contribution >= 4 is 22.7 Å². The summed E-state index contributed by atoms with van der Waals surface area (Å²) in [6.45, 7) is 5.33. The monoisotopic (exact) mass is 237 g/mol. The van der Waals surface area contributed by atoms with Crippen LogP contribution >= 0.6 is 22.7 Å². The summed E-state index contributed by atoms with van der Waals surface area (Å²) in [5, 5.41) is 5.66. The summed E-state index contributed by atoms with van der Waals surface area (Å²) in [4.78, 5) is 4.20. The van der Waals surface area contributed by atoms with E-state index in [0.717, 1.165) is 6.54 Å². The van der Waals surface area contributed by atoms with Crippen LogP contribution in [0.15, 0.2) is 29.6 Å². The van der Waals surface area contributed by atoms with Crippen LogP contribution in [0.2, 0.25) is 0 Å². The summed E-state index contributed by atoms with van der Waals surface area (Å²) < 4.78 is 0. The van der Waals surface area contributed by atoms with Crippen molar-refractivity contribution in [3.8, 4) is 0 Å². The van der Waals surface area contributed by atoms with Gasteiger partial charge in [-0.3, -0.25) is 0 Å². The molecule has 0 amide bonds. The lowest BCUT2D eigenvalue weighted by molar-refractivity contribution is 0.587. The molecule has 0 unspecified atom stereocenters. The van der Waals surface area contributed by atoms with Gasteiger partial charge in [-0.25, -0.2) is 0 Å². The molecule has 0 spiro atoms. The van der Waals surface area contributed by atoms with E-state index in [9.17, 15) is 0 Å². The predicted octanol–water partition coefficient (Wildman–Crippen LogP) is 3.97. The molecule has 15 heavy (non-hydrogen) atoms. The molecule has 1 N–H and O–H groups in total. The molecule has 1 nitrogen and oxygen atoms in total. The van der Waals surface area contributed by atoms with Crippen LogP contribution in [0.3, 0.4) is 0 Å². The fourth-order valence-corrected chi connectivity index (χ4v) is 3.07. The molecule has 0 aliphatic heterocycles. The van der Waals surface area contributed by atoms with Crippen molar-refractivity contribution in [1.82, 2.24) is 5.32 Å². The highest BCUT2D eigenvalue weighted by Gasteiger charge is 2.05. The van der Waals surface area contributed by atoms with E-state index in [1.54, 1.807) is 0 Å². The Morgan fingerprint density at radius 2 is 2.20 bits per heavy atom. The van der Waals surface area contributed by atoms with E-state index in [1.807, 2.05) is 22.7 Å². The minimum absolute atomic E-state index is 0.451. The van der Waals surface area contributed by atoms with E-state index in [2.05, 4.69) is 48.8 Å². The predicted molar refractivity (Wildman–Crippen MR) is 68.6 cm³/mol. The maximum Gasteiger partial charge on any atom is 0.0389 e. The third-order valence-corrected chi connectivity index (χ3v) is 4.40. The average molecular weight is 237 g/mol. The van der Waals surface area contributed by atoms with Crippen LogP contribution in [0.4, 0.5) is 0 Å². The number of rotatable bonds is 4. The average Bonchev–Trinajstić information content (AvgIpc) is 2.84. The van der Waals surface area contributed by atoms with E-state index in [4.69, 9.17) is 0 Å². The van der Waals surface area contributed by atoms with Crippen molar-refractivity contribution in [3.05, 3.63) is 44.3 Å². The van der Waals surface area contributed by atoms with E-state index in [0.29, 0.717) is 6.04 Å². The fraction of sp³-hybridized carbons (Fsp3) is 0.333. The van der Waals surface area contributed by atoms with Crippen molar-refractivity contribution < 1.29 is 0 Å². The van der Waals surface area contributed by atoms with Crippen LogP contribution in [0.5, 0.6) is 0 Å². The molecule has 2 heterocycles. The van der Waals surface area contributed by atoms with Gasteiger partial charge in [-0.2, -0.15) is 0 Å². The Kier molecular flexibility index (Phi) is 3.57. The molecule has 2 aromatic heterocycles. The topological polar surface area (TPSA) is 12.0 Å². The second-order valence-electron chi connectivity index (χ2n) is 3.63. The summed E-state index contributed by atoms with van der Waals surface area (Å²) in [5.41, 5.74) is 0. The smallest absolute Gasteiger partial charge is 0.0389 e. The van der Waals surface area contributed by atoms with Gasteiger partial charge in [-0.15, -0.1) is 22.7 Å². The molecule has 0 bridgehead atoms. The maximum atomic E-state index is 3.54. The molecule has 0 aromatic carbocycles. The molecular weight excluding hydrogens is 222 g/mol. The largest absolute Gasteiger partial charge is 0.305 e. The zero-order valence-electron chi connectivity index (χ0n) is 8.99. The highest BCUT2D eigenvalue weighted by atomic mass is 32.1. The molecule has 0 saturated carbocycles. The van der Waals surface area contributed by atoms with Crippen LogP contribution in [0, 0.1) is 6.92 Å². The van der Waals surface area contributed by atoms with Crippen LogP contribution < -0.4 is 5.32 Å². The van der Waals surface area contributed by atoms with Gasteiger partial charge in [0, 0.05) is 27.2 Å². The van der Waals surface area contributed by atoms with E-state index in [1.165, 1.54) is 14.6 Å². The van der Waals surface area contributed by atoms with Crippen molar-refractivity contribution in [2.75, 3.05) is 0 Å². The van der Waals surface area contributed by atoms with E-state index < -0.39 is 0 Å². The summed E-state index contributed by atoms with van der Waals surface area (Å²) in [7, 11) is 0. The molecular formula is C12H15NS2. The third-order valence-electron chi connectivity index (χ3n) is 2.35. The van der Waals surface area contributed by atoms with E-state index in [-0.39, 0.29) is 0 Å². The Balaban J connectivity index is 1.88. The number of hydrogen-bond donors (Lipinski definition) is 1. The third kappa shape index (κ3) is 2.91. The molecule has 1 atom stereocenters. The van der Waals surface area contributed by atoms with Crippen LogP contribution in [-0.4, -0.2) is 0 Å². The summed E-state index contributed by atoms with van der Waals surface area (Å²) >= 11 is 3.68. The maximum absolute atomic E-state index is 3.54. The van der Waals surface area contributed by atoms with E-state index >= 15 is 0 Å². The molecule has 3 heteroatoms. The van der Waals surface area contributed by atoms with Crippen molar-refractivity contribution in [2.24, 2.45) is 0 Å². The van der Waals surface area contributed by atoms with Gasteiger partial charge < -0.3 is 5.32 Å². The Labute approximate surface area is 98.8 Å². The molecule has 0 saturated heterocycles. The number of thiophene rings is 2. The Morgan fingerprint density at radius 3 is 2.80 bits per heavy atom. The molecule has 0 aliphatic carbocycles. The summed E-state index contributed by atoms with van der Waals surface area (Å²) in [5.74, 6) is 0. The first-order valence-electron chi connectivity index (χ1n) is 5.08. The first-order valence-corrected chi connectivity index (χ1v) is 6.77. The number of aryl methyl sites for hydroxylation is 1. The molecule has 0 radical (unpaired) electrons. The molecule has 2 aromatic rings. The molecule has 0 aliphatic rings. The van der Waals surface area contributed by atoms with Crippen molar-refractivity contribution in [1.29, 1.82) is 0 Å². The SMILES string of the molecule is Cc1ccc(CN[C@@H](C)c2cccs2)s1. The van der Waals surface area contributed by atoms with Crippen LogP contribution in [0.25, 0.3) is 0 Å². The number of hydrogen-bond acceptors (Lipinski definition) is 3. The highest BCUT2D eigenvalue weighted by Crippen LogP contribution is 2.20. The zero-order chi connectivity index (χ0) is 10.7. The van der Waals surface area contributed by atoms with Gasteiger partial charge in [0.15, 0.2) is 0 Å².